The van der Waals surface area contributed by atoms with Crippen LogP contribution in [0.1, 0.15) is 266 Å². The molecule has 1 unspecified atom stereocenters. The third kappa shape index (κ3) is 35.5. The van der Waals surface area contributed by atoms with E-state index >= 15 is 0 Å². The zero-order valence-electron chi connectivity index (χ0n) is 37.5. The van der Waals surface area contributed by atoms with Crippen molar-refractivity contribution in [3.05, 3.63) is 0 Å². The van der Waals surface area contributed by atoms with E-state index < -0.39 is 0 Å². The average Bonchev–Trinajstić information content (AvgIpc) is 3.14. The van der Waals surface area contributed by atoms with Crippen molar-refractivity contribution in [3.63, 3.8) is 0 Å². The molecule has 1 N–H and O–H groups in total. The van der Waals surface area contributed by atoms with Gasteiger partial charge in [0.15, 0.2) is 0 Å². The molecule has 54 heavy (non-hydrogen) atoms. The molecule has 0 aliphatic heterocycles. The van der Waals surface area contributed by atoms with Crippen LogP contribution in [-0.2, 0) is 14.3 Å². The lowest BCUT2D eigenvalue weighted by atomic mass is 9.76. The van der Waals surface area contributed by atoms with Crippen molar-refractivity contribution in [2.75, 3.05) is 26.2 Å². The first-order valence-corrected chi connectivity index (χ1v) is 24.4. The highest BCUT2D eigenvalue weighted by Crippen LogP contribution is 2.35. The molecule has 0 aromatic rings. The van der Waals surface area contributed by atoms with Crippen LogP contribution in [0.15, 0.2) is 0 Å². The summed E-state index contributed by atoms with van der Waals surface area (Å²) < 4.78 is 6.04. The second kappa shape index (κ2) is 40.3. The van der Waals surface area contributed by atoms with Crippen molar-refractivity contribution in [1.29, 1.82) is 0 Å². The topological polar surface area (TPSA) is 66.8 Å². The predicted octanol–water partition coefficient (Wildman–Crippen LogP) is 14.9. The molecule has 0 saturated heterocycles. The third-order valence-electron chi connectivity index (χ3n) is 11.9. The van der Waals surface area contributed by atoms with Crippen molar-refractivity contribution >= 4 is 11.8 Å². The molecule has 0 aliphatic rings. The normalized spacial score (nSPS) is 12.9. The van der Waals surface area contributed by atoms with Gasteiger partial charge in [0.1, 0.15) is 11.9 Å². The van der Waals surface area contributed by atoms with Gasteiger partial charge in [0, 0.05) is 25.8 Å². The highest BCUT2D eigenvalue weighted by atomic mass is 16.5. The van der Waals surface area contributed by atoms with Gasteiger partial charge in [0.2, 0.25) is 0 Å². The van der Waals surface area contributed by atoms with E-state index in [1.54, 1.807) is 0 Å². The maximum Gasteiger partial charge on any atom is 0.306 e. The Hall–Kier alpha value is -0.940. The highest BCUT2D eigenvalue weighted by molar-refractivity contribution is 5.79. The zero-order valence-corrected chi connectivity index (χ0v) is 37.5. The van der Waals surface area contributed by atoms with Gasteiger partial charge in [-0.05, 0) is 82.7 Å². The molecule has 322 valence electrons. The van der Waals surface area contributed by atoms with Gasteiger partial charge in [-0.15, -0.1) is 0 Å². The first kappa shape index (κ1) is 53.1. The summed E-state index contributed by atoms with van der Waals surface area (Å²) in [6, 6.07) is 0. The lowest BCUT2D eigenvalue weighted by Gasteiger charge is -2.29. The summed E-state index contributed by atoms with van der Waals surface area (Å²) in [4.78, 5) is 28.0. The van der Waals surface area contributed by atoms with Crippen molar-refractivity contribution in [2.24, 2.45) is 5.41 Å². The van der Waals surface area contributed by atoms with Gasteiger partial charge < -0.3 is 14.7 Å². The monoisotopic (exact) mass is 764 g/mol. The minimum atomic E-state index is 0.0199. The van der Waals surface area contributed by atoms with Crippen LogP contribution in [0.2, 0.25) is 0 Å². The molecule has 0 aromatic carbocycles. The summed E-state index contributed by atoms with van der Waals surface area (Å²) in [7, 11) is 0. The summed E-state index contributed by atoms with van der Waals surface area (Å²) in [5, 5.41) is 9.62. The summed E-state index contributed by atoms with van der Waals surface area (Å²) in [5.41, 5.74) is 0.198. The van der Waals surface area contributed by atoms with E-state index in [1.807, 2.05) is 0 Å². The number of esters is 1. The molecule has 0 fully saturated rings. The van der Waals surface area contributed by atoms with Crippen LogP contribution in [0, 0.1) is 5.41 Å². The number of hydrogen-bond acceptors (Lipinski definition) is 5. The number of carbonyl (C=O) groups excluding carboxylic acids is 2. The van der Waals surface area contributed by atoms with E-state index in [1.165, 1.54) is 161 Å². The Balaban J connectivity index is 4.15. The number of hydrogen-bond donors (Lipinski definition) is 1. The Labute approximate surface area is 338 Å². The minimum absolute atomic E-state index is 0.0199. The Morgan fingerprint density at radius 1 is 0.500 bits per heavy atom. The van der Waals surface area contributed by atoms with Crippen LogP contribution in [0.4, 0.5) is 0 Å². The lowest BCUT2D eigenvalue weighted by Crippen LogP contribution is -2.29. The fraction of sp³-hybridized carbons (Fsp3) is 0.959. The molecule has 0 aliphatic carbocycles. The van der Waals surface area contributed by atoms with Gasteiger partial charge in [-0.25, -0.2) is 0 Å². The largest absolute Gasteiger partial charge is 0.462 e. The van der Waals surface area contributed by atoms with Gasteiger partial charge in [-0.1, -0.05) is 182 Å². The molecule has 5 nitrogen and oxygen atoms in total. The van der Waals surface area contributed by atoms with Crippen molar-refractivity contribution in [1.82, 2.24) is 4.90 Å². The molecule has 1 atom stereocenters. The van der Waals surface area contributed by atoms with Crippen molar-refractivity contribution in [2.45, 2.75) is 272 Å². The van der Waals surface area contributed by atoms with Crippen molar-refractivity contribution < 1.29 is 19.4 Å². The summed E-state index contributed by atoms with van der Waals surface area (Å²) in [6.07, 6.45) is 42.5. The van der Waals surface area contributed by atoms with Gasteiger partial charge in [0.05, 0.1) is 6.61 Å². The van der Waals surface area contributed by atoms with E-state index in [2.05, 4.69) is 39.5 Å². The van der Waals surface area contributed by atoms with Gasteiger partial charge in [-0.3, -0.25) is 9.59 Å². The minimum Gasteiger partial charge on any atom is -0.462 e. The molecule has 0 radical (unpaired) electrons. The van der Waals surface area contributed by atoms with E-state index in [4.69, 9.17) is 4.74 Å². The third-order valence-corrected chi connectivity index (χ3v) is 11.9. The second-order valence-electron chi connectivity index (χ2n) is 17.6. The van der Waals surface area contributed by atoms with Crippen molar-refractivity contribution in [3.8, 4) is 0 Å². The Bertz CT molecular complexity index is 787. The van der Waals surface area contributed by atoms with Gasteiger partial charge in [0.25, 0.3) is 0 Å². The summed E-state index contributed by atoms with van der Waals surface area (Å²) in [6.45, 7) is 14.5. The van der Waals surface area contributed by atoms with Crippen LogP contribution in [-0.4, -0.2) is 54.1 Å². The number of ether oxygens (including phenoxy) is 1. The Kier molecular flexibility index (Phi) is 39.6. The molecule has 0 heterocycles. The highest BCUT2D eigenvalue weighted by Gasteiger charge is 2.26. The van der Waals surface area contributed by atoms with E-state index in [9.17, 15) is 14.7 Å². The summed E-state index contributed by atoms with van der Waals surface area (Å²) >= 11 is 0. The summed E-state index contributed by atoms with van der Waals surface area (Å²) in [5.74, 6) is 0.503. The first-order valence-electron chi connectivity index (χ1n) is 24.4. The number of unbranched alkanes of at least 4 members (excludes halogenated alkanes) is 23. The van der Waals surface area contributed by atoms with E-state index in [0.29, 0.717) is 12.2 Å². The van der Waals surface area contributed by atoms with Gasteiger partial charge in [-0.2, -0.15) is 0 Å². The number of ketones is 1. The van der Waals surface area contributed by atoms with Crippen LogP contribution < -0.4 is 0 Å². The van der Waals surface area contributed by atoms with Crippen LogP contribution in [0.3, 0.4) is 0 Å². The lowest BCUT2D eigenvalue weighted by molar-refractivity contribution is -0.150. The first-order chi connectivity index (χ1) is 26.3. The molecular weight excluding hydrogens is 667 g/mol. The molecule has 0 rings (SSSR count). The van der Waals surface area contributed by atoms with E-state index in [0.717, 1.165) is 83.8 Å². The number of aliphatic hydroxyl groups excluding tert-OH is 1. The molecule has 0 spiro atoms. The average molecular weight is 764 g/mol. The Morgan fingerprint density at radius 2 is 0.926 bits per heavy atom. The Morgan fingerprint density at radius 3 is 1.41 bits per heavy atom. The van der Waals surface area contributed by atoms with Crippen LogP contribution >= 0.6 is 0 Å². The van der Waals surface area contributed by atoms with Crippen LogP contribution in [0.25, 0.3) is 0 Å². The number of rotatable bonds is 44. The smallest absolute Gasteiger partial charge is 0.306 e. The van der Waals surface area contributed by atoms with Gasteiger partial charge >= 0.3 is 5.97 Å². The number of nitrogens with zero attached hydrogens (tertiary/aromatic N) is 1. The molecular formula is C49H97NO4. The number of carbonyl (C=O) groups is 2. The molecule has 5 heteroatoms. The fourth-order valence-corrected chi connectivity index (χ4v) is 8.41. The number of aliphatic hydroxyl groups is 1. The SMILES string of the molecule is CCCCCCCCC(CCCCCCCC)OC(=O)CCCCCCCN(CCO)CCCCCCCC(=O)CC(C)(CCC)CCCCCCCC. The molecule has 0 bridgehead atoms. The maximum absolute atomic E-state index is 12.9. The second-order valence-corrected chi connectivity index (χ2v) is 17.6. The standard InChI is InChI=1S/C49H97NO4/c1-6-10-13-16-22-29-36-47(37-30-23-17-14-11-7-2)54-48(53)38-31-24-20-27-34-42-50(43-44-51)41-33-26-19-21-28-35-46(52)45-49(5,39-9-4)40-32-25-18-15-12-8-3/h47,51H,6-45H2,1-5H3. The van der Waals surface area contributed by atoms with Crippen LogP contribution in [0.5, 0.6) is 0 Å². The molecule has 0 saturated carbocycles. The maximum atomic E-state index is 12.9. The number of Topliss-reactive ketones (excluding diaryl/α,β-unsaturated/α-hetero) is 1. The predicted molar refractivity (Wildman–Crippen MR) is 235 cm³/mol. The zero-order chi connectivity index (χ0) is 39.8. The molecule has 0 amide bonds. The molecule has 0 aromatic heterocycles. The fourth-order valence-electron chi connectivity index (χ4n) is 8.41. The van der Waals surface area contributed by atoms with E-state index in [-0.39, 0.29) is 24.1 Å². The quantitative estimate of drug-likeness (QED) is 0.0494.